The van der Waals surface area contributed by atoms with Crippen molar-refractivity contribution in [1.29, 1.82) is 0 Å². The molecule has 0 radical (unpaired) electrons. The molecule has 3 rings (SSSR count). The number of hydrogen-bond donors (Lipinski definition) is 3. The lowest BCUT2D eigenvalue weighted by Gasteiger charge is -2.20. The van der Waals surface area contributed by atoms with Crippen LogP contribution in [0.25, 0.3) is 21.8 Å². The van der Waals surface area contributed by atoms with Crippen molar-refractivity contribution in [3.05, 3.63) is 42.0 Å². The fraction of sp³-hybridized carbons (Fsp3) is 0.409. The minimum atomic E-state index is -0.294. The molecular weight excluding hydrogens is 338 g/mol. The summed E-state index contributed by atoms with van der Waals surface area (Å²) in [6.45, 7) is 10.3. The van der Waals surface area contributed by atoms with Gasteiger partial charge in [-0.25, -0.2) is 4.79 Å². The van der Waals surface area contributed by atoms with E-state index in [1.807, 2.05) is 32.9 Å². The summed E-state index contributed by atoms with van der Waals surface area (Å²) in [6.07, 6.45) is 0. The summed E-state index contributed by atoms with van der Waals surface area (Å²) in [5.41, 5.74) is 4.20. The van der Waals surface area contributed by atoms with Crippen molar-refractivity contribution < 1.29 is 9.90 Å². The van der Waals surface area contributed by atoms with E-state index in [4.69, 9.17) is 0 Å². The molecule has 0 aliphatic rings. The third-order valence-electron chi connectivity index (χ3n) is 5.22. The van der Waals surface area contributed by atoms with Gasteiger partial charge < -0.3 is 20.3 Å². The minimum absolute atomic E-state index is 0.0784. The Kier molecular flexibility index (Phi) is 5.42. The largest absolute Gasteiger partial charge is 0.394 e. The van der Waals surface area contributed by atoms with Crippen molar-refractivity contribution in [3.8, 4) is 0 Å². The number of hydrogen-bond acceptors (Lipinski definition) is 2. The SMILES string of the molecule is Cc1c(NC(=O)NC(CO)C(C)C)ccc2c1c1ccccc1n2C(C)C. The van der Waals surface area contributed by atoms with E-state index >= 15 is 0 Å². The summed E-state index contributed by atoms with van der Waals surface area (Å²) in [4.78, 5) is 12.4. The Morgan fingerprint density at radius 1 is 1.07 bits per heavy atom. The Balaban J connectivity index is 2.03. The molecule has 5 heteroatoms. The minimum Gasteiger partial charge on any atom is -0.394 e. The standard InChI is InChI=1S/C22H29N3O2/c1-13(2)18(12-26)24-22(27)23-17-10-11-20-21(15(17)5)16-8-6-7-9-19(16)25(20)14(3)4/h6-11,13-14,18,26H,12H2,1-5H3,(H2,23,24,27). The van der Waals surface area contributed by atoms with Gasteiger partial charge in [0.1, 0.15) is 0 Å². The number of urea groups is 1. The Morgan fingerprint density at radius 3 is 2.41 bits per heavy atom. The third kappa shape index (κ3) is 3.52. The Labute approximate surface area is 160 Å². The van der Waals surface area contributed by atoms with Crippen molar-refractivity contribution in [2.24, 2.45) is 5.92 Å². The van der Waals surface area contributed by atoms with E-state index in [0.717, 1.165) is 11.3 Å². The van der Waals surface area contributed by atoms with Gasteiger partial charge in [-0.15, -0.1) is 0 Å². The van der Waals surface area contributed by atoms with E-state index in [-0.39, 0.29) is 24.6 Å². The smallest absolute Gasteiger partial charge is 0.319 e. The summed E-state index contributed by atoms with van der Waals surface area (Å²) in [7, 11) is 0. The van der Waals surface area contributed by atoms with Crippen LogP contribution < -0.4 is 10.6 Å². The monoisotopic (exact) mass is 367 g/mol. The van der Waals surface area contributed by atoms with Gasteiger partial charge in [0, 0.05) is 33.5 Å². The first-order valence-corrected chi connectivity index (χ1v) is 9.55. The average molecular weight is 367 g/mol. The van der Waals surface area contributed by atoms with Gasteiger partial charge >= 0.3 is 6.03 Å². The lowest BCUT2D eigenvalue weighted by molar-refractivity contribution is 0.204. The number of nitrogens with one attached hydrogen (secondary N) is 2. The zero-order valence-corrected chi connectivity index (χ0v) is 16.7. The topological polar surface area (TPSA) is 66.3 Å². The Morgan fingerprint density at radius 2 is 1.78 bits per heavy atom. The van der Waals surface area contributed by atoms with Gasteiger partial charge in [0.2, 0.25) is 0 Å². The maximum atomic E-state index is 12.4. The molecule has 0 fully saturated rings. The number of aryl methyl sites for hydroxylation is 1. The molecular formula is C22H29N3O2. The van der Waals surface area contributed by atoms with Gasteiger partial charge in [-0.1, -0.05) is 32.0 Å². The predicted octanol–water partition coefficient (Wildman–Crippen LogP) is 4.82. The Bertz CT molecular complexity index is 973. The summed E-state index contributed by atoms with van der Waals surface area (Å²) in [5.74, 6) is 0.161. The Hall–Kier alpha value is -2.53. The van der Waals surface area contributed by atoms with Crippen molar-refractivity contribution >= 4 is 33.5 Å². The highest BCUT2D eigenvalue weighted by Gasteiger charge is 2.18. The van der Waals surface area contributed by atoms with E-state index in [9.17, 15) is 9.90 Å². The molecule has 0 aliphatic heterocycles. The first-order valence-electron chi connectivity index (χ1n) is 9.55. The van der Waals surface area contributed by atoms with Gasteiger partial charge in [0.15, 0.2) is 0 Å². The number of rotatable bonds is 5. The van der Waals surface area contributed by atoms with E-state index in [1.165, 1.54) is 21.8 Å². The summed E-state index contributed by atoms with van der Waals surface area (Å²) in [5, 5.41) is 17.6. The number of carbonyl (C=O) groups is 1. The number of nitrogens with zero attached hydrogens (tertiary/aromatic N) is 1. The summed E-state index contributed by atoms with van der Waals surface area (Å²) >= 11 is 0. The number of amides is 2. The molecule has 3 N–H and O–H groups in total. The van der Waals surface area contributed by atoms with Crippen LogP contribution in [-0.4, -0.2) is 28.4 Å². The first-order chi connectivity index (χ1) is 12.8. The number of anilines is 1. The van der Waals surface area contributed by atoms with E-state index < -0.39 is 0 Å². The van der Waals surface area contributed by atoms with Crippen LogP contribution in [0.5, 0.6) is 0 Å². The molecule has 0 saturated heterocycles. The molecule has 1 aromatic heterocycles. The number of fused-ring (bicyclic) bond motifs is 3. The van der Waals surface area contributed by atoms with Gasteiger partial charge in [-0.2, -0.15) is 0 Å². The number of benzene rings is 2. The normalized spacial score (nSPS) is 12.9. The van der Waals surface area contributed by atoms with Gasteiger partial charge in [0.05, 0.1) is 12.6 Å². The molecule has 2 aromatic carbocycles. The lowest BCUT2D eigenvalue weighted by atomic mass is 10.1. The molecule has 0 bridgehead atoms. The van der Waals surface area contributed by atoms with E-state index in [1.54, 1.807) is 0 Å². The van der Waals surface area contributed by atoms with Crippen LogP contribution in [0.4, 0.5) is 10.5 Å². The third-order valence-corrected chi connectivity index (χ3v) is 5.22. The van der Waals surface area contributed by atoms with Gasteiger partial charge in [-0.3, -0.25) is 0 Å². The predicted molar refractivity (Wildman–Crippen MR) is 112 cm³/mol. The van der Waals surface area contributed by atoms with Crippen LogP contribution in [0.2, 0.25) is 0 Å². The van der Waals surface area contributed by atoms with Crippen LogP contribution in [0.3, 0.4) is 0 Å². The van der Waals surface area contributed by atoms with Crippen molar-refractivity contribution in [1.82, 2.24) is 9.88 Å². The zero-order valence-electron chi connectivity index (χ0n) is 16.7. The second-order valence-corrected chi connectivity index (χ2v) is 7.74. The molecule has 3 aromatic rings. The first kappa shape index (κ1) is 19.2. The van der Waals surface area contributed by atoms with Crippen LogP contribution in [0.15, 0.2) is 36.4 Å². The van der Waals surface area contributed by atoms with Gasteiger partial charge in [-0.05, 0) is 50.5 Å². The number of para-hydroxylation sites is 1. The molecule has 27 heavy (non-hydrogen) atoms. The van der Waals surface area contributed by atoms with Crippen molar-refractivity contribution in [2.45, 2.75) is 46.7 Å². The molecule has 1 unspecified atom stereocenters. The van der Waals surface area contributed by atoms with Crippen LogP contribution in [0, 0.1) is 12.8 Å². The van der Waals surface area contributed by atoms with E-state index in [2.05, 4.69) is 53.3 Å². The molecule has 1 heterocycles. The lowest BCUT2D eigenvalue weighted by Crippen LogP contribution is -2.43. The second kappa shape index (κ2) is 7.61. The fourth-order valence-electron chi connectivity index (χ4n) is 3.70. The highest BCUT2D eigenvalue weighted by atomic mass is 16.3. The maximum Gasteiger partial charge on any atom is 0.319 e. The van der Waals surface area contributed by atoms with Crippen LogP contribution >= 0.6 is 0 Å². The molecule has 0 aliphatic carbocycles. The van der Waals surface area contributed by atoms with Crippen LogP contribution in [0.1, 0.15) is 39.3 Å². The molecule has 0 spiro atoms. The quantitative estimate of drug-likeness (QED) is 0.605. The molecule has 0 saturated carbocycles. The molecule has 5 nitrogen and oxygen atoms in total. The maximum absolute atomic E-state index is 12.4. The highest BCUT2D eigenvalue weighted by Crippen LogP contribution is 2.36. The van der Waals surface area contributed by atoms with Gasteiger partial charge in [0.25, 0.3) is 0 Å². The number of aliphatic hydroxyl groups excluding tert-OH is 1. The highest BCUT2D eigenvalue weighted by molar-refractivity contribution is 6.12. The zero-order chi connectivity index (χ0) is 19.7. The fourth-order valence-corrected chi connectivity index (χ4v) is 3.70. The average Bonchev–Trinajstić information content (AvgIpc) is 2.97. The number of aromatic nitrogens is 1. The van der Waals surface area contributed by atoms with Crippen molar-refractivity contribution in [3.63, 3.8) is 0 Å². The summed E-state index contributed by atoms with van der Waals surface area (Å²) in [6, 6.07) is 12.2. The molecule has 2 amide bonds. The van der Waals surface area contributed by atoms with E-state index in [0.29, 0.717) is 6.04 Å². The number of aliphatic hydroxyl groups is 1. The second-order valence-electron chi connectivity index (χ2n) is 7.74. The molecule has 144 valence electrons. The van der Waals surface area contributed by atoms with Crippen molar-refractivity contribution in [2.75, 3.05) is 11.9 Å². The summed E-state index contributed by atoms with van der Waals surface area (Å²) < 4.78 is 2.34. The molecule has 1 atom stereocenters. The van der Waals surface area contributed by atoms with Crippen LogP contribution in [-0.2, 0) is 0 Å². The number of carbonyl (C=O) groups excluding carboxylic acids is 1.